The van der Waals surface area contributed by atoms with Crippen molar-refractivity contribution in [2.24, 2.45) is 5.92 Å². The number of amides is 1. The molecule has 46 heavy (non-hydrogen) atoms. The van der Waals surface area contributed by atoms with Gasteiger partial charge in [0.1, 0.15) is 17.7 Å². The van der Waals surface area contributed by atoms with Crippen LogP contribution in [0.3, 0.4) is 0 Å². The quantitative estimate of drug-likeness (QED) is 0.234. The molecule has 0 aromatic heterocycles. The van der Waals surface area contributed by atoms with E-state index in [1.807, 2.05) is 32.2 Å². The Hall–Kier alpha value is -4.25. The summed E-state index contributed by atoms with van der Waals surface area (Å²) in [5.41, 5.74) is 4.25. The van der Waals surface area contributed by atoms with Crippen molar-refractivity contribution < 1.29 is 27.4 Å². The monoisotopic (exact) mass is 645 g/mol. The third kappa shape index (κ3) is 8.12. The second kappa shape index (κ2) is 14.5. The molecule has 0 bridgehead atoms. The molecule has 2 N–H and O–H groups in total. The molecule has 0 radical (unpaired) electrons. The lowest BCUT2D eigenvalue weighted by atomic mass is 10.0. The molecule has 0 spiro atoms. The second-order valence-electron chi connectivity index (χ2n) is 12.0. The van der Waals surface area contributed by atoms with Gasteiger partial charge in [-0.05, 0) is 73.1 Å². The first-order valence-electron chi connectivity index (χ1n) is 15.3. The zero-order chi connectivity index (χ0) is 32.8. The molecule has 0 fully saturated rings. The molecule has 8 nitrogen and oxygen atoms in total. The van der Waals surface area contributed by atoms with E-state index in [0.717, 1.165) is 28.8 Å². The normalized spacial score (nSPS) is 17.8. The molecule has 0 saturated heterocycles. The lowest BCUT2D eigenvalue weighted by Crippen LogP contribution is -2.47. The van der Waals surface area contributed by atoms with E-state index in [9.17, 15) is 22.7 Å². The summed E-state index contributed by atoms with van der Waals surface area (Å²) in [6, 6.07) is 27.7. The number of benzene rings is 4. The number of fused-ring (bicyclic) bond motifs is 1. The Morgan fingerprint density at radius 1 is 1.00 bits per heavy atom. The van der Waals surface area contributed by atoms with Crippen LogP contribution >= 0.6 is 0 Å². The van der Waals surface area contributed by atoms with Crippen molar-refractivity contribution in [3.8, 4) is 16.9 Å². The minimum atomic E-state index is -4.00. The Bertz CT molecular complexity index is 1730. The van der Waals surface area contributed by atoms with Crippen LogP contribution in [0.1, 0.15) is 25.0 Å². The number of aliphatic hydroxyl groups excluding tert-OH is 1. The fourth-order valence-electron chi connectivity index (χ4n) is 5.66. The van der Waals surface area contributed by atoms with Crippen LogP contribution in [0.15, 0.2) is 102 Å². The lowest BCUT2D eigenvalue weighted by molar-refractivity contribution is -0.134. The number of likely N-dealkylation sites (N-methyl/N-ethyl adjacent to an activating group) is 1. The van der Waals surface area contributed by atoms with E-state index in [-0.39, 0.29) is 41.5 Å². The SMILES string of the molecule is C[C@H](CO)N1C[C@H](C)[C@H](CN(C)Cc2ccc(-c3ccccc3)cc2)Oc2ccc(NS(=O)(=O)c3ccc(F)cc3)cc2CC1=O. The van der Waals surface area contributed by atoms with Gasteiger partial charge in [0.2, 0.25) is 5.91 Å². The van der Waals surface area contributed by atoms with Gasteiger partial charge in [-0.15, -0.1) is 0 Å². The summed E-state index contributed by atoms with van der Waals surface area (Å²) in [4.78, 5) is 17.3. The molecular formula is C36H40FN3O5S. The summed E-state index contributed by atoms with van der Waals surface area (Å²) in [6.45, 7) is 5.30. The largest absolute Gasteiger partial charge is 0.488 e. The van der Waals surface area contributed by atoms with Gasteiger partial charge in [-0.25, -0.2) is 12.8 Å². The summed E-state index contributed by atoms with van der Waals surface area (Å²) in [5, 5.41) is 9.95. The molecule has 10 heteroatoms. The van der Waals surface area contributed by atoms with E-state index in [4.69, 9.17) is 4.74 Å². The number of hydrogen-bond acceptors (Lipinski definition) is 6. The molecule has 5 rings (SSSR count). The van der Waals surface area contributed by atoms with Gasteiger partial charge in [0.05, 0.1) is 24.0 Å². The van der Waals surface area contributed by atoms with Crippen LogP contribution in [0.2, 0.25) is 0 Å². The molecular weight excluding hydrogens is 605 g/mol. The van der Waals surface area contributed by atoms with E-state index >= 15 is 0 Å². The smallest absolute Gasteiger partial charge is 0.261 e. The van der Waals surface area contributed by atoms with Crippen molar-refractivity contribution in [1.29, 1.82) is 0 Å². The third-order valence-corrected chi connectivity index (χ3v) is 9.70. The maximum atomic E-state index is 13.6. The van der Waals surface area contributed by atoms with Gasteiger partial charge < -0.3 is 14.7 Å². The van der Waals surface area contributed by atoms with E-state index < -0.39 is 21.9 Å². The van der Waals surface area contributed by atoms with Gasteiger partial charge in [0.25, 0.3) is 10.0 Å². The first-order valence-corrected chi connectivity index (χ1v) is 16.8. The molecule has 0 unspecified atom stereocenters. The maximum Gasteiger partial charge on any atom is 0.261 e. The lowest BCUT2D eigenvalue weighted by Gasteiger charge is -2.34. The van der Waals surface area contributed by atoms with Crippen LogP contribution in [-0.4, -0.2) is 68.1 Å². The number of hydrogen-bond donors (Lipinski definition) is 2. The van der Waals surface area contributed by atoms with E-state index in [2.05, 4.69) is 46.0 Å². The Morgan fingerprint density at radius 2 is 1.67 bits per heavy atom. The Morgan fingerprint density at radius 3 is 2.35 bits per heavy atom. The number of carbonyl (C=O) groups excluding carboxylic acids is 1. The number of anilines is 1. The van der Waals surface area contributed by atoms with Crippen LogP contribution in [0.25, 0.3) is 11.1 Å². The van der Waals surface area contributed by atoms with Gasteiger partial charge in [-0.1, -0.05) is 61.5 Å². The van der Waals surface area contributed by atoms with Crippen molar-refractivity contribution in [3.63, 3.8) is 0 Å². The molecule has 3 atom stereocenters. The molecule has 1 amide bonds. The van der Waals surface area contributed by atoms with E-state index in [0.29, 0.717) is 30.9 Å². The van der Waals surface area contributed by atoms with E-state index in [1.54, 1.807) is 30.0 Å². The van der Waals surface area contributed by atoms with E-state index in [1.165, 1.54) is 12.1 Å². The Kier molecular flexibility index (Phi) is 10.4. The van der Waals surface area contributed by atoms with Gasteiger partial charge in [0, 0.05) is 36.8 Å². The summed E-state index contributed by atoms with van der Waals surface area (Å²) < 4.78 is 48.5. The van der Waals surface area contributed by atoms with Gasteiger partial charge in [-0.2, -0.15) is 0 Å². The Balaban J connectivity index is 1.37. The molecule has 0 saturated carbocycles. The summed E-state index contributed by atoms with van der Waals surface area (Å²) in [5.74, 6) is -0.314. The van der Waals surface area contributed by atoms with Crippen LogP contribution in [-0.2, 0) is 27.8 Å². The third-order valence-electron chi connectivity index (χ3n) is 8.30. The number of nitrogens with one attached hydrogen (secondary N) is 1. The molecule has 1 aliphatic heterocycles. The van der Waals surface area contributed by atoms with Crippen molar-refractivity contribution in [3.05, 3.63) is 114 Å². The topological polar surface area (TPSA) is 99.2 Å². The predicted molar refractivity (Wildman–Crippen MR) is 177 cm³/mol. The van der Waals surface area contributed by atoms with Crippen molar-refractivity contribution in [2.45, 2.75) is 43.9 Å². The molecule has 1 heterocycles. The second-order valence-corrected chi connectivity index (χ2v) is 13.7. The summed E-state index contributed by atoms with van der Waals surface area (Å²) in [7, 11) is -1.97. The van der Waals surface area contributed by atoms with Crippen LogP contribution < -0.4 is 9.46 Å². The minimum absolute atomic E-state index is 0.0329. The standard InChI is InChI=1S/C36H40FN3O5S/c1-25-21-40(26(2)24-41)36(42)20-30-19-32(38-46(43,44)33-16-13-31(37)14-17-33)15-18-34(30)45-35(25)23-39(3)22-27-9-11-29(12-10-27)28-7-5-4-6-8-28/h4-19,25-26,35,38,41H,20-24H2,1-3H3/t25-,26+,35-/m0/s1. The highest BCUT2D eigenvalue weighted by Crippen LogP contribution is 2.30. The number of carbonyl (C=O) groups is 1. The molecule has 1 aliphatic rings. The number of sulfonamides is 1. The minimum Gasteiger partial charge on any atom is -0.488 e. The van der Waals surface area contributed by atoms with Crippen LogP contribution in [0, 0.1) is 11.7 Å². The molecule has 4 aromatic carbocycles. The van der Waals surface area contributed by atoms with Gasteiger partial charge in [0.15, 0.2) is 0 Å². The highest BCUT2D eigenvalue weighted by Gasteiger charge is 2.31. The zero-order valence-corrected chi connectivity index (χ0v) is 27.1. The average molecular weight is 646 g/mol. The van der Waals surface area contributed by atoms with Crippen molar-refractivity contribution >= 4 is 21.6 Å². The zero-order valence-electron chi connectivity index (χ0n) is 26.3. The van der Waals surface area contributed by atoms with Gasteiger partial charge >= 0.3 is 0 Å². The highest BCUT2D eigenvalue weighted by atomic mass is 32.2. The summed E-state index contributed by atoms with van der Waals surface area (Å²) in [6.07, 6.45) is -0.345. The Labute approximate surface area is 270 Å². The fraction of sp³-hybridized carbons (Fsp3) is 0.306. The highest BCUT2D eigenvalue weighted by molar-refractivity contribution is 7.92. The van der Waals surface area contributed by atoms with Crippen LogP contribution in [0.4, 0.5) is 10.1 Å². The van der Waals surface area contributed by atoms with Crippen LogP contribution in [0.5, 0.6) is 5.75 Å². The van der Waals surface area contributed by atoms with Crippen molar-refractivity contribution in [2.75, 3.05) is 31.5 Å². The maximum absolute atomic E-state index is 13.6. The number of ether oxygens (including phenoxy) is 1. The fourth-order valence-corrected chi connectivity index (χ4v) is 6.70. The summed E-state index contributed by atoms with van der Waals surface area (Å²) >= 11 is 0. The molecule has 0 aliphatic carbocycles. The van der Waals surface area contributed by atoms with Gasteiger partial charge in [-0.3, -0.25) is 14.4 Å². The first-order chi connectivity index (χ1) is 22.0. The number of rotatable bonds is 10. The average Bonchev–Trinajstić information content (AvgIpc) is 3.08. The number of halogens is 1. The van der Waals surface area contributed by atoms with Crippen molar-refractivity contribution in [1.82, 2.24) is 9.80 Å². The first kappa shape index (κ1) is 33.1. The number of nitrogens with zero attached hydrogens (tertiary/aromatic N) is 2. The number of aliphatic hydroxyl groups is 1. The molecule has 4 aromatic rings. The molecule has 242 valence electrons. The predicted octanol–water partition coefficient (Wildman–Crippen LogP) is 5.57.